The Bertz CT molecular complexity index is 686. The van der Waals surface area contributed by atoms with E-state index in [-0.39, 0.29) is 11.9 Å². The van der Waals surface area contributed by atoms with Crippen molar-refractivity contribution in [3.8, 4) is 5.75 Å². The van der Waals surface area contributed by atoms with Gasteiger partial charge in [-0.05, 0) is 58.5 Å². The van der Waals surface area contributed by atoms with E-state index in [9.17, 15) is 4.79 Å². The lowest BCUT2D eigenvalue weighted by atomic mass is 10.0. The molecule has 0 aliphatic carbocycles. The van der Waals surface area contributed by atoms with Crippen LogP contribution in [0.15, 0.2) is 53.0 Å². The lowest BCUT2D eigenvalue weighted by Crippen LogP contribution is -2.28. The Morgan fingerprint density at radius 3 is 2.48 bits per heavy atom. The van der Waals surface area contributed by atoms with Crippen LogP contribution in [0.3, 0.4) is 0 Å². The van der Waals surface area contributed by atoms with Gasteiger partial charge in [0.2, 0.25) is 0 Å². The van der Waals surface area contributed by atoms with Crippen molar-refractivity contribution in [2.45, 2.75) is 39.7 Å². The zero-order chi connectivity index (χ0) is 18.2. The standard InChI is InChI=1S/C21H26BrNO2/c1-4-19(16-8-6-5-7-9-16)23-21(24)17-10-11-20(18(22)14-17)25-13-12-15(2)3/h5-11,14-15,19H,4,12-13H2,1-3H3,(H,23,24). The van der Waals surface area contributed by atoms with E-state index in [1.807, 2.05) is 48.5 Å². The normalized spacial score (nSPS) is 12.0. The van der Waals surface area contributed by atoms with E-state index in [1.165, 1.54) is 0 Å². The molecule has 2 aromatic carbocycles. The third-order valence-electron chi connectivity index (χ3n) is 4.06. The number of benzene rings is 2. The average molecular weight is 404 g/mol. The molecule has 2 aromatic rings. The molecule has 1 atom stereocenters. The molecule has 1 amide bonds. The first-order chi connectivity index (χ1) is 12.0. The van der Waals surface area contributed by atoms with E-state index in [1.54, 1.807) is 0 Å². The number of carbonyl (C=O) groups is 1. The van der Waals surface area contributed by atoms with Crippen LogP contribution in [0.4, 0.5) is 0 Å². The molecule has 1 unspecified atom stereocenters. The lowest BCUT2D eigenvalue weighted by Gasteiger charge is -2.18. The van der Waals surface area contributed by atoms with Gasteiger partial charge in [0.15, 0.2) is 0 Å². The van der Waals surface area contributed by atoms with Crippen LogP contribution in [0.25, 0.3) is 0 Å². The van der Waals surface area contributed by atoms with Gasteiger partial charge in [-0.2, -0.15) is 0 Å². The summed E-state index contributed by atoms with van der Waals surface area (Å²) in [5.74, 6) is 1.30. The average Bonchev–Trinajstić information content (AvgIpc) is 2.61. The molecule has 0 heterocycles. The van der Waals surface area contributed by atoms with Crippen molar-refractivity contribution in [1.82, 2.24) is 5.32 Å². The number of rotatable bonds is 8. The van der Waals surface area contributed by atoms with Crippen LogP contribution in [-0.2, 0) is 0 Å². The van der Waals surface area contributed by atoms with E-state index in [0.717, 1.165) is 28.6 Å². The number of hydrogen-bond acceptors (Lipinski definition) is 2. The molecule has 0 spiro atoms. The lowest BCUT2D eigenvalue weighted by molar-refractivity contribution is 0.0935. The molecule has 0 saturated heterocycles. The predicted molar refractivity (Wildman–Crippen MR) is 106 cm³/mol. The highest BCUT2D eigenvalue weighted by molar-refractivity contribution is 9.10. The molecule has 0 aromatic heterocycles. The summed E-state index contributed by atoms with van der Waals surface area (Å²) in [6.07, 6.45) is 1.84. The summed E-state index contributed by atoms with van der Waals surface area (Å²) in [5, 5.41) is 3.10. The van der Waals surface area contributed by atoms with Gasteiger partial charge >= 0.3 is 0 Å². The van der Waals surface area contributed by atoms with Gasteiger partial charge < -0.3 is 10.1 Å². The van der Waals surface area contributed by atoms with Crippen molar-refractivity contribution in [3.05, 3.63) is 64.1 Å². The van der Waals surface area contributed by atoms with Crippen LogP contribution in [0.2, 0.25) is 0 Å². The van der Waals surface area contributed by atoms with Gasteiger partial charge in [-0.3, -0.25) is 4.79 Å². The molecule has 134 valence electrons. The predicted octanol–water partition coefficient (Wildman–Crippen LogP) is 5.76. The first-order valence-corrected chi connectivity index (χ1v) is 9.58. The zero-order valence-electron chi connectivity index (χ0n) is 15.1. The minimum atomic E-state index is -0.0786. The Hall–Kier alpha value is -1.81. The Morgan fingerprint density at radius 2 is 1.88 bits per heavy atom. The third-order valence-corrected chi connectivity index (χ3v) is 4.68. The molecule has 25 heavy (non-hydrogen) atoms. The number of hydrogen-bond donors (Lipinski definition) is 1. The van der Waals surface area contributed by atoms with Crippen LogP contribution >= 0.6 is 15.9 Å². The van der Waals surface area contributed by atoms with Gasteiger partial charge in [-0.1, -0.05) is 51.1 Å². The largest absolute Gasteiger partial charge is 0.492 e. The van der Waals surface area contributed by atoms with E-state index >= 15 is 0 Å². The van der Waals surface area contributed by atoms with Gasteiger partial charge in [-0.15, -0.1) is 0 Å². The Balaban J connectivity index is 2.03. The molecule has 4 heteroatoms. The van der Waals surface area contributed by atoms with Crippen molar-refractivity contribution in [3.63, 3.8) is 0 Å². The van der Waals surface area contributed by atoms with Crippen molar-refractivity contribution in [2.75, 3.05) is 6.61 Å². The summed E-state index contributed by atoms with van der Waals surface area (Å²) in [7, 11) is 0. The quantitative estimate of drug-likeness (QED) is 0.608. The van der Waals surface area contributed by atoms with Crippen LogP contribution < -0.4 is 10.1 Å². The Kier molecular flexibility index (Phi) is 7.51. The van der Waals surface area contributed by atoms with Crippen LogP contribution in [0.1, 0.15) is 55.6 Å². The van der Waals surface area contributed by atoms with E-state index in [4.69, 9.17) is 4.74 Å². The minimum absolute atomic E-state index is 0.00874. The number of ether oxygens (including phenoxy) is 1. The Morgan fingerprint density at radius 1 is 1.16 bits per heavy atom. The number of halogens is 1. The molecule has 0 fully saturated rings. The fourth-order valence-electron chi connectivity index (χ4n) is 2.51. The van der Waals surface area contributed by atoms with E-state index in [2.05, 4.69) is 42.0 Å². The van der Waals surface area contributed by atoms with E-state index in [0.29, 0.717) is 18.1 Å². The minimum Gasteiger partial charge on any atom is -0.492 e. The van der Waals surface area contributed by atoms with Gasteiger partial charge in [-0.25, -0.2) is 0 Å². The molecule has 2 rings (SSSR count). The second-order valence-corrected chi connectivity index (χ2v) is 7.38. The summed E-state index contributed by atoms with van der Waals surface area (Å²) in [5.41, 5.74) is 1.74. The van der Waals surface area contributed by atoms with Crippen LogP contribution in [-0.4, -0.2) is 12.5 Å². The second-order valence-electron chi connectivity index (χ2n) is 6.52. The topological polar surface area (TPSA) is 38.3 Å². The molecule has 0 radical (unpaired) electrons. The smallest absolute Gasteiger partial charge is 0.251 e. The van der Waals surface area contributed by atoms with Gasteiger partial charge in [0, 0.05) is 5.56 Å². The highest BCUT2D eigenvalue weighted by Gasteiger charge is 2.15. The van der Waals surface area contributed by atoms with Crippen molar-refractivity contribution >= 4 is 21.8 Å². The summed E-state index contributed by atoms with van der Waals surface area (Å²) < 4.78 is 6.58. The summed E-state index contributed by atoms with van der Waals surface area (Å²) in [6.45, 7) is 7.08. The number of nitrogens with one attached hydrogen (secondary N) is 1. The van der Waals surface area contributed by atoms with Crippen LogP contribution in [0, 0.1) is 5.92 Å². The first-order valence-electron chi connectivity index (χ1n) is 8.79. The van der Waals surface area contributed by atoms with Gasteiger partial charge in [0.05, 0.1) is 17.1 Å². The SMILES string of the molecule is CCC(NC(=O)c1ccc(OCCC(C)C)c(Br)c1)c1ccccc1. The monoisotopic (exact) mass is 403 g/mol. The Labute approximate surface area is 158 Å². The van der Waals surface area contributed by atoms with Gasteiger partial charge in [0.25, 0.3) is 5.91 Å². The van der Waals surface area contributed by atoms with E-state index < -0.39 is 0 Å². The second kappa shape index (κ2) is 9.62. The molecule has 0 bridgehead atoms. The maximum absolute atomic E-state index is 12.6. The zero-order valence-corrected chi connectivity index (χ0v) is 16.7. The summed E-state index contributed by atoms with van der Waals surface area (Å²) in [4.78, 5) is 12.6. The third kappa shape index (κ3) is 5.89. The molecular weight excluding hydrogens is 378 g/mol. The van der Waals surface area contributed by atoms with Crippen molar-refractivity contribution in [1.29, 1.82) is 0 Å². The first kappa shape index (κ1) is 19.5. The maximum Gasteiger partial charge on any atom is 0.251 e. The summed E-state index contributed by atoms with van der Waals surface area (Å²) >= 11 is 3.51. The highest BCUT2D eigenvalue weighted by Crippen LogP contribution is 2.27. The highest BCUT2D eigenvalue weighted by atomic mass is 79.9. The number of carbonyl (C=O) groups excluding carboxylic acids is 1. The van der Waals surface area contributed by atoms with Crippen molar-refractivity contribution in [2.24, 2.45) is 5.92 Å². The maximum atomic E-state index is 12.6. The molecule has 1 N–H and O–H groups in total. The molecule has 0 saturated carbocycles. The van der Waals surface area contributed by atoms with Crippen LogP contribution in [0.5, 0.6) is 5.75 Å². The van der Waals surface area contributed by atoms with Crippen molar-refractivity contribution < 1.29 is 9.53 Å². The number of amides is 1. The molecular formula is C21H26BrNO2. The van der Waals surface area contributed by atoms with Gasteiger partial charge in [0.1, 0.15) is 5.75 Å². The fraction of sp³-hybridized carbons (Fsp3) is 0.381. The summed E-state index contributed by atoms with van der Waals surface area (Å²) in [6, 6.07) is 15.5. The fourth-order valence-corrected chi connectivity index (χ4v) is 3.00. The molecule has 0 aliphatic heterocycles. The molecule has 0 aliphatic rings. The molecule has 3 nitrogen and oxygen atoms in total.